The second-order valence-electron chi connectivity index (χ2n) is 4.03. The molecule has 0 saturated carbocycles. The molecular formula is C13H11ClN2O3. The van der Waals surface area contributed by atoms with Gasteiger partial charge in [-0.25, -0.2) is 4.79 Å². The van der Waals surface area contributed by atoms with E-state index in [-0.39, 0.29) is 10.7 Å². The van der Waals surface area contributed by atoms with Gasteiger partial charge in [0, 0.05) is 23.6 Å². The molecule has 0 saturated heterocycles. The minimum atomic E-state index is -1.00. The molecule has 0 bridgehead atoms. The largest absolute Gasteiger partial charge is 0.477 e. The first kappa shape index (κ1) is 13.2. The summed E-state index contributed by atoms with van der Waals surface area (Å²) in [5.74, 6) is -1.49. The lowest BCUT2D eigenvalue weighted by atomic mass is 10.2. The molecule has 1 heterocycles. The van der Waals surface area contributed by atoms with Crippen LogP contribution in [0.4, 0.5) is 5.69 Å². The summed E-state index contributed by atoms with van der Waals surface area (Å²) in [6, 6.07) is 6.63. The monoisotopic (exact) mass is 278 g/mol. The number of carboxylic acids is 1. The van der Waals surface area contributed by atoms with Crippen LogP contribution in [0, 0.1) is 0 Å². The first-order chi connectivity index (χ1) is 8.90. The van der Waals surface area contributed by atoms with Gasteiger partial charge >= 0.3 is 5.97 Å². The van der Waals surface area contributed by atoms with Crippen molar-refractivity contribution in [2.45, 2.75) is 0 Å². The van der Waals surface area contributed by atoms with E-state index in [0.29, 0.717) is 5.69 Å². The van der Waals surface area contributed by atoms with Gasteiger partial charge in [0.15, 0.2) is 0 Å². The van der Waals surface area contributed by atoms with Gasteiger partial charge in [-0.15, -0.1) is 0 Å². The van der Waals surface area contributed by atoms with Gasteiger partial charge in [-0.05, 0) is 24.3 Å². The summed E-state index contributed by atoms with van der Waals surface area (Å²) in [5, 5.41) is 12.2. The molecule has 0 aliphatic carbocycles. The third-order valence-electron chi connectivity index (χ3n) is 2.77. The first-order valence-corrected chi connectivity index (χ1v) is 5.76. The van der Waals surface area contributed by atoms with Crippen LogP contribution in [-0.2, 0) is 11.8 Å². The molecule has 0 fully saturated rings. The highest BCUT2D eigenvalue weighted by atomic mass is 35.5. The van der Waals surface area contributed by atoms with Gasteiger partial charge < -0.3 is 15.0 Å². The van der Waals surface area contributed by atoms with Crippen molar-refractivity contribution >= 4 is 40.1 Å². The Bertz CT molecular complexity index is 703. The Morgan fingerprint density at radius 3 is 2.63 bits per heavy atom. The molecule has 5 nitrogen and oxygen atoms in total. The molecule has 2 N–H and O–H groups in total. The minimum Gasteiger partial charge on any atom is -0.477 e. The fourth-order valence-electron chi connectivity index (χ4n) is 1.83. The molecule has 19 heavy (non-hydrogen) atoms. The number of halogens is 1. The summed E-state index contributed by atoms with van der Waals surface area (Å²) < 4.78 is 1.57. The third-order valence-corrected chi connectivity index (χ3v) is 2.94. The standard InChI is InChI=1S/C13H11ClN2O3/c1-7(14)12(17)15-9-3-4-10-8(5-9)6-11(13(18)19)16(10)2/h3-6H,1H2,2H3,(H,15,17)(H,18,19). The number of carbonyl (C=O) groups excluding carboxylic acids is 1. The summed E-state index contributed by atoms with van der Waals surface area (Å²) in [5.41, 5.74) is 1.47. The maximum atomic E-state index is 11.4. The maximum absolute atomic E-state index is 11.4. The first-order valence-electron chi connectivity index (χ1n) is 5.38. The van der Waals surface area contributed by atoms with Crippen molar-refractivity contribution in [1.82, 2.24) is 4.57 Å². The molecule has 0 spiro atoms. The predicted molar refractivity (Wildman–Crippen MR) is 73.5 cm³/mol. The fourth-order valence-corrected chi connectivity index (χ4v) is 1.88. The topological polar surface area (TPSA) is 71.3 Å². The molecule has 1 amide bonds. The number of fused-ring (bicyclic) bond motifs is 1. The number of aromatic nitrogens is 1. The summed E-state index contributed by atoms with van der Waals surface area (Å²) in [7, 11) is 1.67. The zero-order valence-corrected chi connectivity index (χ0v) is 10.9. The van der Waals surface area contributed by atoms with Crippen LogP contribution >= 0.6 is 11.6 Å². The highest BCUT2D eigenvalue weighted by molar-refractivity contribution is 6.43. The van der Waals surface area contributed by atoms with Crippen LogP contribution in [0.25, 0.3) is 10.9 Å². The van der Waals surface area contributed by atoms with Gasteiger partial charge in [-0.2, -0.15) is 0 Å². The number of aryl methyl sites for hydroxylation is 1. The second-order valence-corrected chi connectivity index (χ2v) is 4.48. The number of amides is 1. The van der Waals surface area contributed by atoms with Gasteiger partial charge in [-0.3, -0.25) is 4.79 Å². The van der Waals surface area contributed by atoms with E-state index >= 15 is 0 Å². The number of aromatic carboxylic acids is 1. The number of anilines is 1. The molecule has 0 aliphatic rings. The Kier molecular flexibility index (Phi) is 3.31. The molecule has 2 rings (SSSR count). The van der Waals surface area contributed by atoms with E-state index in [1.807, 2.05) is 0 Å². The van der Waals surface area contributed by atoms with Crippen molar-refractivity contribution in [3.63, 3.8) is 0 Å². The number of carboxylic acid groups (broad SMARTS) is 1. The normalized spacial score (nSPS) is 10.4. The predicted octanol–water partition coefficient (Wildman–Crippen LogP) is 2.57. The Labute approximate surface area is 114 Å². The van der Waals surface area contributed by atoms with E-state index in [9.17, 15) is 9.59 Å². The van der Waals surface area contributed by atoms with E-state index in [2.05, 4.69) is 11.9 Å². The van der Waals surface area contributed by atoms with E-state index in [4.69, 9.17) is 16.7 Å². The Morgan fingerprint density at radius 1 is 1.37 bits per heavy atom. The number of hydrogen-bond acceptors (Lipinski definition) is 2. The number of rotatable bonds is 3. The van der Waals surface area contributed by atoms with Crippen molar-refractivity contribution in [1.29, 1.82) is 0 Å². The van der Waals surface area contributed by atoms with E-state index in [0.717, 1.165) is 10.9 Å². The van der Waals surface area contributed by atoms with Gasteiger partial charge in [-0.1, -0.05) is 18.2 Å². The van der Waals surface area contributed by atoms with Gasteiger partial charge in [0.05, 0.1) is 5.03 Å². The molecule has 0 atom stereocenters. The highest BCUT2D eigenvalue weighted by Crippen LogP contribution is 2.23. The van der Waals surface area contributed by atoms with Crippen molar-refractivity contribution in [3.05, 3.63) is 41.6 Å². The van der Waals surface area contributed by atoms with Crippen LogP contribution in [0.1, 0.15) is 10.5 Å². The summed E-state index contributed by atoms with van der Waals surface area (Å²) in [6.45, 7) is 3.33. The van der Waals surface area contributed by atoms with Crippen LogP contribution in [0.2, 0.25) is 0 Å². The van der Waals surface area contributed by atoms with Crippen molar-refractivity contribution < 1.29 is 14.7 Å². The lowest BCUT2D eigenvalue weighted by Gasteiger charge is -2.04. The molecule has 0 unspecified atom stereocenters. The molecule has 6 heteroatoms. The quantitative estimate of drug-likeness (QED) is 0.848. The highest BCUT2D eigenvalue weighted by Gasteiger charge is 2.12. The second kappa shape index (κ2) is 4.78. The van der Waals surface area contributed by atoms with Gasteiger partial charge in [0.1, 0.15) is 5.69 Å². The summed E-state index contributed by atoms with van der Waals surface area (Å²) >= 11 is 5.48. The van der Waals surface area contributed by atoms with Crippen LogP contribution in [0.15, 0.2) is 35.9 Å². The zero-order valence-electron chi connectivity index (χ0n) is 10.1. The van der Waals surface area contributed by atoms with E-state index < -0.39 is 11.9 Å². The van der Waals surface area contributed by atoms with Crippen LogP contribution in [0.5, 0.6) is 0 Å². The Morgan fingerprint density at radius 2 is 2.05 bits per heavy atom. The molecule has 1 aromatic heterocycles. The average molecular weight is 279 g/mol. The van der Waals surface area contributed by atoms with Crippen LogP contribution in [-0.4, -0.2) is 21.6 Å². The van der Waals surface area contributed by atoms with Crippen molar-refractivity contribution in [2.24, 2.45) is 7.05 Å². The number of benzene rings is 1. The van der Waals surface area contributed by atoms with Crippen molar-refractivity contribution in [2.75, 3.05) is 5.32 Å². The molecule has 98 valence electrons. The van der Waals surface area contributed by atoms with E-state index in [1.54, 1.807) is 35.9 Å². The Balaban J connectivity index is 2.44. The minimum absolute atomic E-state index is 0.112. The Hall–Kier alpha value is -2.27. The van der Waals surface area contributed by atoms with E-state index in [1.165, 1.54) is 0 Å². The average Bonchev–Trinajstić information content (AvgIpc) is 2.66. The number of nitrogens with zero attached hydrogens (tertiary/aromatic N) is 1. The molecule has 0 radical (unpaired) electrons. The fraction of sp³-hybridized carbons (Fsp3) is 0.0769. The van der Waals surface area contributed by atoms with Crippen molar-refractivity contribution in [3.8, 4) is 0 Å². The van der Waals surface area contributed by atoms with Gasteiger partial charge in [0.2, 0.25) is 0 Å². The number of carbonyl (C=O) groups is 2. The van der Waals surface area contributed by atoms with Crippen LogP contribution in [0.3, 0.4) is 0 Å². The number of hydrogen-bond donors (Lipinski definition) is 2. The van der Waals surface area contributed by atoms with Gasteiger partial charge in [0.25, 0.3) is 5.91 Å². The molecular weight excluding hydrogens is 268 g/mol. The summed E-state index contributed by atoms with van der Waals surface area (Å²) in [6.07, 6.45) is 0. The van der Waals surface area contributed by atoms with Crippen LogP contribution < -0.4 is 5.32 Å². The SMILES string of the molecule is C=C(Cl)C(=O)Nc1ccc2c(c1)cc(C(=O)O)n2C. The molecule has 1 aromatic carbocycles. The third kappa shape index (κ3) is 2.46. The molecule has 0 aliphatic heterocycles. The summed E-state index contributed by atoms with van der Waals surface area (Å²) in [4.78, 5) is 22.4. The lowest BCUT2D eigenvalue weighted by Crippen LogP contribution is -2.10. The smallest absolute Gasteiger partial charge is 0.352 e. The molecule has 2 aromatic rings. The zero-order chi connectivity index (χ0) is 14.2. The number of nitrogens with one attached hydrogen (secondary N) is 1. The lowest BCUT2D eigenvalue weighted by molar-refractivity contribution is -0.112. The maximum Gasteiger partial charge on any atom is 0.352 e.